The molecule has 0 saturated carbocycles. The van der Waals surface area contributed by atoms with Gasteiger partial charge in [-0.2, -0.15) is 0 Å². The van der Waals surface area contributed by atoms with Gasteiger partial charge in [0.15, 0.2) is 6.73 Å². The Morgan fingerprint density at radius 2 is 1.48 bits per heavy atom. The first-order valence-corrected chi connectivity index (χ1v) is 10.3. The minimum atomic E-state index is 0.789. The summed E-state index contributed by atoms with van der Waals surface area (Å²) in [4.78, 5) is 2.48. The van der Waals surface area contributed by atoms with E-state index >= 15 is 0 Å². The molecule has 0 radical (unpaired) electrons. The molecule has 3 nitrogen and oxygen atoms in total. The lowest BCUT2D eigenvalue weighted by Gasteiger charge is -2.09. The van der Waals surface area contributed by atoms with E-state index in [2.05, 4.69) is 30.2 Å². The van der Waals surface area contributed by atoms with Gasteiger partial charge in [0.1, 0.15) is 13.1 Å². The lowest BCUT2D eigenvalue weighted by molar-refractivity contribution is -0.560. The Morgan fingerprint density at radius 3 is 2.04 bits per heavy atom. The van der Waals surface area contributed by atoms with Crippen LogP contribution < -0.4 is 0 Å². The van der Waals surface area contributed by atoms with Gasteiger partial charge in [0.25, 0.3) is 0 Å². The van der Waals surface area contributed by atoms with Crippen molar-refractivity contribution in [3.8, 4) is 0 Å². The molecule has 0 aromatic carbocycles. The summed E-state index contributed by atoms with van der Waals surface area (Å²) in [5.41, 5.74) is 0. The fraction of sp³-hybridized carbons (Fsp3) is 0.950. The average molecular weight is 326 g/mol. The molecule has 0 fully saturated rings. The second-order valence-electron chi connectivity index (χ2n) is 6.83. The van der Waals surface area contributed by atoms with Crippen molar-refractivity contribution in [2.24, 2.45) is 0 Å². The smallest absolute Gasteiger partial charge is 0.248 e. The Kier molecular flexibility index (Phi) is 12.3. The van der Waals surface area contributed by atoms with Crippen LogP contribution in [0, 0.1) is 0 Å². The van der Waals surface area contributed by atoms with Crippen LogP contribution in [0.5, 0.6) is 0 Å². The van der Waals surface area contributed by atoms with Crippen molar-refractivity contribution in [1.82, 2.24) is 4.90 Å². The first-order valence-electron chi connectivity index (χ1n) is 10.3. The van der Waals surface area contributed by atoms with Crippen LogP contribution in [-0.4, -0.2) is 48.3 Å². The Hall–Kier alpha value is -0.570. The molecule has 1 aliphatic heterocycles. The molecule has 1 heterocycles. The van der Waals surface area contributed by atoms with E-state index in [1.165, 1.54) is 76.6 Å². The fourth-order valence-corrected chi connectivity index (χ4v) is 3.49. The number of hydrogen-bond acceptors (Lipinski definition) is 2. The quantitative estimate of drug-likeness (QED) is 0.310. The van der Waals surface area contributed by atoms with E-state index in [1.807, 2.05) is 0 Å². The van der Waals surface area contributed by atoms with E-state index in [0.717, 1.165) is 32.8 Å². The molecule has 0 atom stereocenters. The van der Waals surface area contributed by atoms with E-state index in [4.69, 9.17) is 4.74 Å². The lowest BCUT2D eigenvalue weighted by atomic mass is 10.1. The van der Waals surface area contributed by atoms with Crippen LogP contribution in [0.1, 0.15) is 91.4 Å². The van der Waals surface area contributed by atoms with Crippen molar-refractivity contribution >= 4 is 5.84 Å². The molecule has 0 spiro atoms. The van der Waals surface area contributed by atoms with Gasteiger partial charge >= 0.3 is 0 Å². The van der Waals surface area contributed by atoms with Gasteiger partial charge in [0.2, 0.25) is 5.84 Å². The van der Waals surface area contributed by atoms with Crippen LogP contribution in [-0.2, 0) is 4.74 Å². The highest BCUT2D eigenvalue weighted by atomic mass is 16.5. The average Bonchev–Trinajstić information content (AvgIpc) is 2.97. The summed E-state index contributed by atoms with van der Waals surface area (Å²) < 4.78 is 8.31. The van der Waals surface area contributed by atoms with Crippen LogP contribution in [0.3, 0.4) is 0 Å². The summed E-state index contributed by atoms with van der Waals surface area (Å²) in [6, 6.07) is 0. The Balaban J connectivity index is 1.92. The Morgan fingerprint density at radius 1 is 0.870 bits per heavy atom. The molecule has 23 heavy (non-hydrogen) atoms. The summed E-state index contributed by atoms with van der Waals surface area (Å²) >= 11 is 0. The summed E-state index contributed by atoms with van der Waals surface area (Å²) in [6.07, 6.45) is 15.0. The number of ether oxygens (including phenoxy) is 1. The van der Waals surface area contributed by atoms with Gasteiger partial charge in [-0.1, -0.05) is 71.6 Å². The van der Waals surface area contributed by atoms with Crippen molar-refractivity contribution in [3.05, 3.63) is 0 Å². The topological polar surface area (TPSA) is 15.5 Å². The molecule has 0 N–H and O–H groups in total. The first-order chi connectivity index (χ1) is 11.3. The van der Waals surface area contributed by atoms with E-state index in [0.29, 0.717) is 0 Å². The summed E-state index contributed by atoms with van der Waals surface area (Å²) in [5, 5.41) is 0. The highest BCUT2D eigenvalue weighted by molar-refractivity contribution is 5.78. The number of rotatable bonds is 15. The summed E-state index contributed by atoms with van der Waals surface area (Å²) in [7, 11) is 0. The minimum Gasteiger partial charge on any atom is -0.342 e. The first kappa shape index (κ1) is 20.5. The maximum absolute atomic E-state index is 5.89. The zero-order valence-corrected chi connectivity index (χ0v) is 16.1. The Labute approximate surface area is 145 Å². The lowest BCUT2D eigenvalue weighted by Crippen LogP contribution is -2.29. The maximum atomic E-state index is 5.89. The van der Waals surface area contributed by atoms with E-state index in [-0.39, 0.29) is 0 Å². The van der Waals surface area contributed by atoms with Crippen molar-refractivity contribution in [2.75, 3.05) is 33.0 Å². The van der Waals surface area contributed by atoms with E-state index < -0.39 is 0 Å². The SMILES string of the molecule is CCCCCCCCCCCCOC[N+]1=C(CC)N(CC)CC1. The van der Waals surface area contributed by atoms with E-state index in [9.17, 15) is 0 Å². The third-order valence-corrected chi connectivity index (χ3v) is 4.96. The molecular formula is C20H41N2O+. The van der Waals surface area contributed by atoms with Crippen molar-refractivity contribution in [1.29, 1.82) is 0 Å². The van der Waals surface area contributed by atoms with Gasteiger partial charge in [-0.3, -0.25) is 4.90 Å². The largest absolute Gasteiger partial charge is 0.342 e. The second kappa shape index (κ2) is 13.8. The molecule has 0 aromatic rings. The van der Waals surface area contributed by atoms with Crippen LogP contribution in [0.25, 0.3) is 0 Å². The molecule has 0 unspecified atom stereocenters. The minimum absolute atomic E-state index is 0.789. The van der Waals surface area contributed by atoms with Gasteiger partial charge in [0, 0.05) is 6.42 Å². The Bertz CT molecular complexity index is 315. The number of nitrogens with zero attached hydrogens (tertiary/aromatic N) is 2. The van der Waals surface area contributed by atoms with Crippen LogP contribution in [0.15, 0.2) is 0 Å². The van der Waals surface area contributed by atoms with Crippen molar-refractivity contribution in [2.45, 2.75) is 91.4 Å². The summed E-state index contributed by atoms with van der Waals surface area (Å²) in [6.45, 7) is 11.9. The number of amidine groups is 1. The molecule has 1 aliphatic rings. The van der Waals surface area contributed by atoms with Gasteiger partial charge < -0.3 is 4.74 Å². The standard InChI is InChI=1S/C20H41N2O/c1-4-7-8-9-10-11-12-13-14-15-18-23-19-22-17-16-21(6-3)20(22)5-2/h4-19H2,1-3H3/q+1. The molecule has 0 aromatic heterocycles. The van der Waals surface area contributed by atoms with Gasteiger partial charge in [0.05, 0.1) is 13.2 Å². The van der Waals surface area contributed by atoms with Gasteiger partial charge in [-0.15, -0.1) is 0 Å². The molecule has 0 amide bonds. The monoisotopic (exact) mass is 325 g/mol. The van der Waals surface area contributed by atoms with Gasteiger partial charge in [-0.25, -0.2) is 4.58 Å². The highest BCUT2D eigenvalue weighted by Gasteiger charge is 2.26. The predicted octanol–water partition coefficient (Wildman–Crippen LogP) is 5.04. The molecule has 0 saturated heterocycles. The number of unbranched alkanes of at least 4 members (excludes halogenated alkanes) is 9. The molecule has 0 aliphatic carbocycles. The van der Waals surface area contributed by atoms with Gasteiger partial charge in [-0.05, 0) is 13.3 Å². The van der Waals surface area contributed by atoms with Crippen molar-refractivity contribution < 1.29 is 9.31 Å². The fourth-order valence-electron chi connectivity index (χ4n) is 3.49. The molecular weight excluding hydrogens is 284 g/mol. The van der Waals surface area contributed by atoms with E-state index in [1.54, 1.807) is 0 Å². The predicted molar refractivity (Wildman–Crippen MR) is 100 cm³/mol. The second-order valence-corrected chi connectivity index (χ2v) is 6.83. The summed E-state index contributed by atoms with van der Waals surface area (Å²) in [5.74, 6) is 1.47. The third-order valence-electron chi connectivity index (χ3n) is 4.96. The molecule has 136 valence electrons. The normalized spacial score (nSPS) is 15.0. The zero-order valence-electron chi connectivity index (χ0n) is 16.1. The molecule has 3 heteroatoms. The maximum Gasteiger partial charge on any atom is 0.248 e. The van der Waals surface area contributed by atoms with Crippen LogP contribution in [0.4, 0.5) is 0 Å². The molecule has 1 rings (SSSR count). The van der Waals surface area contributed by atoms with Crippen molar-refractivity contribution in [3.63, 3.8) is 0 Å². The zero-order chi connectivity index (χ0) is 16.8. The third kappa shape index (κ3) is 8.74. The number of hydrogen-bond donors (Lipinski definition) is 0. The number of likely N-dealkylation sites (N-methyl/N-ethyl adjacent to an activating group) is 1. The van der Waals surface area contributed by atoms with Crippen LogP contribution in [0.2, 0.25) is 0 Å². The van der Waals surface area contributed by atoms with Crippen LogP contribution >= 0.6 is 0 Å². The molecule has 0 bridgehead atoms. The highest BCUT2D eigenvalue weighted by Crippen LogP contribution is 2.10.